The Bertz CT molecular complexity index is 512. The number of hydrogen-bond acceptors (Lipinski definition) is 4. The molecule has 0 spiro atoms. The minimum atomic E-state index is -0.00113. The van der Waals surface area contributed by atoms with Crippen molar-refractivity contribution >= 4 is 23.5 Å². The lowest BCUT2D eigenvalue weighted by molar-refractivity contribution is 0.0953. The second kappa shape index (κ2) is 6.69. The fourth-order valence-corrected chi connectivity index (χ4v) is 2.91. The third-order valence-corrected chi connectivity index (χ3v) is 5.29. The van der Waals surface area contributed by atoms with Gasteiger partial charge >= 0.3 is 0 Å². The SMILES string of the molecule is CCNc1cc(C(=O)NCC2(SC)CC2)cc(C(C)C)n1. The molecule has 2 rings (SSSR count). The predicted molar refractivity (Wildman–Crippen MR) is 90.3 cm³/mol. The van der Waals surface area contributed by atoms with Crippen LogP contribution in [0.2, 0.25) is 0 Å². The Morgan fingerprint density at radius 2 is 2.14 bits per heavy atom. The Morgan fingerprint density at radius 3 is 2.67 bits per heavy atom. The third-order valence-electron chi connectivity index (χ3n) is 3.87. The van der Waals surface area contributed by atoms with Gasteiger partial charge in [-0.15, -0.1) is 0 Å². The standard InChI is InChI=1S/C16H25N3OS/c1-5-17-14-9-12(8-13(19-14)11(2)3)15(20)18-10-16(21-4)6-7-16/h8-9,11H,5-7,10H2,1-4H3,(H,17,19)(H,18,20). The molecule has 0 saturated heterocycles. The van der Waals surface area contributed by atoms with Gasteiger partial charge < -0.3 is 10.6 Å². The quantitative estimate of drug-likeness (QED) is 0.812. The number of carbonyl (C=O) groups is 1. The summed E-state index contributed by atoms with van der Waals surface area (Å²) in [5.41, 5.74) is 1.64. The lowest BCUT2D eigenvalue weighted by Gasteiger charge is -2.15. The van der Waals surface area contributed by atoms with E-state index in [1.807, 2.05) is 30.8 Å². The van der Waals surface area contributed by atoms with Crippen LogP contribution in [0.3, 0.4) is 0 Å². The van der Waals surface area contributed by atoms with Crippen molar-refractivity contribution in [1.29, 1.82) is 0 Å². The zero-order valence-corrected chi connectivity index (χ0v) is 14.1. The van der Waals surface area contributed by atoms with Gasteiger partial charge in [0.2, 0.25) is 0 Å². The molecule has 1 aliphatic carbocycles. The summed E-state index contributed by atoms with van der Waals surface area (Å²) in [6, 6.07) is 3.74. The first-order valence-electron chi connectivity index (χ1n) is 7.59. The van der Waals surface area contributed by atoms with Crippen LogP contribution in [0.15, 0.2) is 12.1 Å². The van der Waals surface area contributed by atoms with Crippen molar-refractivity contribution in [2.75, 3.05) is 24.7 Å². The van der Waals surface area contributed by atoms with Crippen LogP contribution in [0.5, 0.6) is 0 Å². The molecular formula is C16H25N3OS. The summed E-state index contributed by atoms with van der Waals surface area (Å²) in [4.78, 5) is 16.9. The molecule has 0 bridgehead atoms. The van der Waals surface area contributed by atoms with Crippen LogP contribution in [-0.2, 0) is 0 Å². The lowest BCUT2D eigenvalue weighted by atomic mass is 10.1. The normalized spacial score (nSPS) is 15.9. The van der Waals surface area contributed by atoms with Crippen molar-refractivity contribution in [1.82, 2.24) is 10.3 Å². The summed E-state index contributed by atoms with van der Waals surface area (Å²) >= 11 is 1.86. The van der Waals surface area contributed by atoms with E-state index in [1.165, 1.54) is 12.8 Å². The predicted octanol–water partition coefficient (Wildman–Crippen LogP) is 3.26. The number of thioether (sulfide) groups is 1. The molecule has 0 atom stereocenters. The van der Waals surface area contributed by atoms with Gasteiger partial charge in [0.05, 0.1) is 0 Å². The molecule has 0 aliphatic heterocycles. The summed E-state index contributed by atoms with van der Waals surface area (Å²) in [7, 11) is 0. The van der Waals surface area contributed by atoms with E-state index < -0.39 is 0 Å². The lowest BCUT2D eigenvalue weighted by Crippen LogP contribution is -2.31. The van der Waals surface area contributed by atoms with E-state index in [1.54, 1.807) is 0 Å². The van der Waals surface area contributed by atoms with E-state index in [2.05, 4.69) is 35.7 Å². The van der Waals surface area contributed by atoms with Gasteiger partial charge in [-0.1, -0.05) is 13.8 Å². The number of amides is 1. The molecule has 1 saturated carbocycles. The minimum Gasteiger partial charge on any atom is -0.370 e. The summed E-state index contributed by atoms with van der Waals surface area (Å²) in [6.07, 6.45) is 4.51. The van der Waals surface area contributed by atoms with Crippen molar-refractivity contribution < 1.29 is 4.79 Å². The molecule has 4 nitrogen and oxygen atoms in total. The van der Waals surface area contributed by atoms with Crippen LogP contribution < -0.4 is 10.6 Å². The molecule has 1 aliphatic rings. The van der Waals surface area contributed by atoms with Crippen LogP contribution in [-0.4, -0.2) is 35.0 Å². The first kappa shape index (κ1) is 16.1. The summed E-state index contributed by atoms with van der Waals surface area (Å²) in [5.74, 6) is 1.08. The fraction of sp³-hybridized carbons (Fsp3) is 0.625. The van der Waals surface area contributed by atoms with Gasteiger partial charge in [-0.25, -0.2) is 4.98 Å². The largest absolute Gasteiger partial charge is 0.370 e. The number of aromatic nitrogens is 1. The molecule has 0 unspecified atom stereocenters. The van der Waals surface area contributed by atoms with Gasteiger partial charge in [0.15, 0.2) is 0 Å². The number of carbonyl (C=O) groups excluding carboxylic acids is 1. The van der Waals surface area contributed by atoms with Gasteiger partial charge in [0.25, 0.3) is 5.91 Å². The second-order valence-corrected chi connectivity index (χ2v) is 7.20. The van der Waals surface area contributed by atoms with Gasteiger partial charge in [0.1, 0.15) is 5.82 Å². The molecule has 21 heavy (non-hydrogen) atoms. The topological polar surface area (TPSA) is 54.0 Å². The maximum atomic E-state index is 12.4. The Kier molecular flexibility index (Phi) is 5.14. The number of hydrogen-bond donors (Lipinski definition) is 2. The smallest absolute Gasteiger partial charge is 0.251 e. The molecule has 5 heteroatoms. The van der Waals surface area contributed by atoms with Crippen LogP contribution in [0.4, 0.5) is 5.82 Å². The third kappa shape index (κ3) is 4.13. The average molecular weight is 307 g/mol. The molecule has 1 fully saturated rings. The highest BCUT2D eigenvalue weighted by molar-refractivity contribution is 8.00. The summed E-state index contributed by atoms with van der Waals surface area (Å²) in [6.45, 7) is 7.76. The van der Waals surface area contributed by atoms with Crippen LogP contribution in [0, 0.1) is 0 Å². The molecule has 2 N–H and O–H groups in total. The highest BCUT2D eigenvalue weighted by Gasteiger charge is 2.41. The van der Waals surface area contributed by atoms with E-state index in [9.17, 15) is 4.79 Å². The second-order valence-electron chi connectivity index (χ2n) is 5.92. The monoisotopic (exact) mass is 307 g/mol. The zero-order valence-electron chi connectivity index (χ0n) is 13.3. The van der Waals surface area contributed by atoms with Gasteiger partial charge in [0, 0.05) is 29.1 Å². The Morgan fingerprint density at radius 1 is 1.43 bits per heavy atom. The van der Waals surface area contributed by atoms with Crippen molar-refractivity contribution in [2.45, 2.75) is 44.3 Å². The van der Waals surface area contributed by atoms with Crippen LogP contribution >= 0.6 is 11.8 Å². The maximum Gasteiger partial charge on any atom is 0.251 e. The van der Waals surface area contributed by atoms with Crippen molar-refractivity contribution in [3.05, 3.63) is 23.4 Å². The van der Waals surface area contributed by atoms with Crippen molar-refractivity contribution in [3.8, 4) is 0 Å². The molecule has 116 valence electrons. The van der Waals surface area contributed by atoms with E-state index in [0.717, 1.165) is 24.6 Å². The molecule has 0 radical (unpaired) electrons. The first-order valence-corrected chi connectivity index (χ1v) is 8.81. The first-order chi connectivity index (χ1) is 9.99. The summed E-state index contributed by atoms with van der Waals surface area (Å²) in [5, 5.41) is 6.27. The van der Waals surface area contributed by atoms with Crippen molar-refractivity contribution in [2.24, 2.45) is 0 Å². The average Bonchev–Trinajstić information content (AvgIpc) is 3.25. The molecule has 1 aromatic heterocycles. The number of rotatable bonds is 7. The van der Waals surface area contributed by atoms with E-state index >= 15 is 0 Å². The van der Waals surface area contributed by atoms with Gasteiger partial charge in [-0.05, 0) is 44.1 Å². The van der Waals surface area contributed by atoms with Crippen LogP contribution in [0.1, 0.15) is 55.6 Å². The molecule has 1 amide bonds. The van der Waals surface area contributed by atoms with Gasteiger partial charge in [-0.3, -0.25) is 4.79 Å². The minimum absolute atomic E-state index is 0.00113. The molecule has 1 aromatic rings. The van der Waals surface area contributed by atoms with Crippen molar-refractivity contribution in [3.63, 3.8) is 0 Å². The Balaban J connectivity index is 2.11. The van der Waals surface area contributed by atoms with E-state index in [4.69, 9.17) is 0 Å². The zero-order chi connectivity index (χ0) is 15.5. The maximum absolute atomic E-state index is 12.4. The Labute approximate surface area is 131 Å². The summed E-state index contributed by atoms with van der Waals surface area (Å²) < 4.78 is 0.286. The van der Waals surface area contributed by atoms with E-state index in [-0.39, 0.29) is 10.7 Å². The number of nitrogens with one attached hydrogen (secondary N) is 2. The highest BCUT2D eigenvalue weighted by Crippen LogP contribution is 2.46. The van der Waals surface area contributed by atoms with E-state index in [0.29, 0.717) is 11.5 Å². The molecular weight excluding hydrogens is 282 g/mol. The van der Waals surface area contributed by atoms with Gasteiger partial charge in [-0.2, -0.15) is 11.8 Å². The number of nitrogens with zero attached hydrogens (tertiary/aromatic N) is 1. The Hall–Kier alpha value is -1.23. The van der Waals surface area contributed by atoms with Crippen LogP contribution in [0.25, 0.3) is 0 Å². The number of pyridine rings is 1. The molecule has 1 heterocycles. The molecule has 0 aromatic carbocycles. The fourth-order valence-electron chi connectivity index (χ4n) is 2.19. The highest BCUT2D eigenvalue weighted by atomic mass is 32.2. The number of anilines is 1.